The maximum absolute atomic E-state index is 14.2. The Hall–Kier alpha value is -7.01. The summed E-state index contributed by atoms with van der Waals surface area (Å²) in [6.07, 6.45) is -5.71. The Bertz CT molecular complexity index is 2780. The third-order valence-corrected chi connectivity index (χ3v) is 11.8. The molecule has 6 aromatic carbocycles. The Kier molecular flexibility index (Phi) is 12.5. The molecular formula is C49H36Cl2F3N3O7. The van der Waals surface area contributed by atoms with Crippen molar-refractivity contribution in [1.29, 1.82) is 5.26 Å². The third kappa shape index (κ3) is 9.63. The second-order valence-corrected chi connectivity index (χ2v) is 16.1. The molecule has 2 aliphatic heterocycles. The Morgan fingerprint density at radius 2 is 1.52 bits per heavy atom. The summed E-state index contributed by atoms with van der Waals surface area (Å²) in [6.45, 7) is 0.102. The van der Waals surface area contributed by atoms with Crippen LogP contribution in [0.25, 0.3) is 11.1 Å². The number of ether oxygens (including phenoxy) is 3. The van der Waals surface area contributed by atoms with E-state index in [9.17, 15) is 32.7 Å². The van der Waals surface area contributed by atoms with E-state index in [-0.39, 0.29) is 32.6 Å². The fourth-order valence-corrected chi connectivity index (χ4v) is 8.00. The molecule has 64 heavy (non-hydrogen) atoms. The second-order valence-electron chi connectivity index (χ2n) is 15.3. The number of alkyl halides is 3. The van der Waals surface area contributed by atoms with Gasteiger partial charge in [0.05, 0.1) is 32.8 Å². The molecule has 15 heteroatoms. The van der Waals surface area contributed by atoms with Crippen LogP contribution >= 0.6 is 23.2 Å². The molecule has 10 nitrogen and oxygen atoms in total. The topological polar surface area (TPSA) is 138 Å². The summed E-state index contributed by atoms with van der Waals surface area (Å²) >= 11 is 12.1. The summed E-state index contributed by atoms with van der Waals surface area (Å²) < 4.78 is 61.1. The molecule has 0 saturated heterocycles. The van der Waals surface area contributed by atoms with Gasteiger partial charge in [0.2, 0.25) is 5.91 Å². The van der Waals surface area contributed by atoms with Crippen LogP contribution in [0.1, 0.15) is 55.4 Å². The predicted octanol–water partition coefficient (Wildman–Crippen LogP) is 10.0. The van der Waals surface area contributed by atoms with Gasteiger partial charge in [-0.15, -0.1) is 0 Å². The monoisotopic (exact) mass is 905 g/mol. The van der Waals surface area contributed by atoms with Crippen molar-refractivity contribution in [1.82, 2.24) is 10.2 Å². The lowest BCUT2D eigenvalue weighted by molar-refractivity contribution is -0.142. The Morgan fingerprint density at radius 1 is 0.844 bits per heavy atom. The number of nitrogens with one attached hydrogen (secondary N) is 1. The highest BCUT2D eigenvalue weighted by molar-refractivity contribution is 6.42. The molecule has 0 aliphatic carbocycles. The lowest BCUT2D eigenvalue weighted by atomic mass is 9.91. The smallest absolute Gasteiger partial charge is 0.417 e. The minimum absolute atomic E-state index is 0.128. The molecule has 0 spiro atoms. The summed E-state index contributed by atoms with van der Waals surface area (Å²) in [5, 5.41) is 22.8. The summed E-state index contributed by atoms with van der Waals surface area (Å²) in [5.74, 6) is -1.97. The van der Waals surface area contributed by atoms with Crippen molar-refractivity contribution in [2.45, 2.75) is 50.4 Å². The number of nitrogens with zero attached hydrogens (tertiary/aromatic N) is 2. The fourth-order valence-electron chi connectivity index (χ4n) is 7.68. The van der Waals surface area contributed by atoms with Gasteiger partial charge in [-0.05, 0) is 99.6 Å². The van der Waals surface area contributed by atoms with Crippen molar-refractivity contribution >= 4 is 41.0 Å². The van der Waals surface area contributed by atoms with Gasteiger partial charge in [0.1, 0.15) is 31.0 Å². The van der Waals surface area contributed by atoms with Crippen molar-refractivity contribution in [3.8, 4) is 34.4 Å². The summed E-state index contributed by atoms with van der Waals surface area (Å²) in [4.78, 5) is 42.0. The van der Waals surface area contributed by atoms with Gasteiger partial charge in [0.15, 0.2) is 17.6 Å². The summed E-state index contributed by atoms with van der Waals surface area (Å²) in [6, 6.07) is 33.3. The van der Waals surface area contributed by atoms with Gasteiger partial charge in [-0.2, -0.15) is 18.4 Å². The number of carboxylic acids is 1. The van der Waals surface area contributed by atoms with Gasteiger partial charge in [-0.3, -0.25) is 9.59 Å². The van der Waals surface area contributed by atoms with E-state index in [4.69, 9.17) is 42.7 Å². The first-order valence-electron chi connectivity index (χ1n) is 20.0. The van der Waals surface area contributed by atoms with Gasteiger partial charge < -0.3 is 29.5 Å². The molecule has 0 radical (unpaired) electrons. The lowest BCUT2D eigenvalue weighted by Gasteiger charge is -2.38. The number of hydrogen-bond acceptors (Lipinski definition) is 7. The number of benzene rings is 6. The number of nitriles is 1. The molecule has 2 heterocycles. The maximum Gasteiger partial charge on any atom is 0.417 e. The number of amides is 2. The van der Waals surface area contributed by atoms with E-state index in [2.05, 4.69) is 11.4 Å². The predicted molar refractivity (Wildman–Crippen MR) is 231 cm³/mol. The van der Waals surface area contributed by atoms with E-state index in [0.29, 0.717) is 49.5 Å². The number of hydrogen-bond donors (Lipinski definition) is 2. The zero-order chi connectivity index (χ0) is 45.1. The number of rotatable bonds is 11. The van der Waals surface area contributed by atoms with Crippen LogP contribution in [0.5, 0.6) is 17.2 Å². The largest absolute Gasteiger partial charge is 0.489 e. The summed E-state index contributed by atoms with van der Waals surface area (Å²) in [7, 11) is 0. The van der Waals surface area contributed by atoms with Gasteiger partial charge in [0, 0.05) is 19.4 Å². The molecule has 2 amide bonds. The zero-order valence-corrected chi connectivity index (χ0v) is 35.1. The number of carbonyl (C=O) groups is 3. The molecule has 0 fully saturated rings. The third-order valence-electron chi connectivity index (χ3n) is 11.1. The van der Waals surface area contributed by atoms with Crippen LogP contribution in [-0.4, -0.2) is 46.5 Å². The van der Waals surface area contributed by atoms with E-state index < -0.39 is 53.3 Å². The number of aliphatic carboxylic acids is 1. The van der Waals surface area contributed by atoms with Crippen molar-refractivity contribution in [2.75, 3.05) is 6.61 Å². The number of carboxylic acid groups (broad SMARTS) is 1. The van der Waals surface area contributed by atoms with Crippen LogP contribution in [0, 0.1) is 11.3 Å². The van der Waals surface area contributed by atoms with Crippen LogP contribution in [0.2, 0.25) is 10.0 Å². The average Bonchev–Trinajstić information content (AvgIpc) is 3.30. The van der Waals surface area contributed by atoms with Crippen molar-refractivity contribution in [3.05, 3.63) is 182 Å². The molecule has 0 aromatic heterocycles. The van der Waals surface area contributed by atoms with E-state index >= 15 is 0 Å². The zero-order valence-electron chi connectivity index (χ0n) is 33.6. The molecule has 6 aromatic rings. The highest BCUT2D eigenvalue weighted by Crippen LogP contribution is 2.42. The first-order valence-corrected chi connectivity index (χ1v) is 20.7. The Labute approximate surface area is 375 Å². The fraction of sp³-hybridized carbons (Fsp3) is 0.184. The number of carbonyl (C=O) groups excluding carboxylic acids is 2. The molecule has 0 bridgehead atoms. The minimum Gasteiger partial charge on any atom is -0.489 e. The number of fused-ring (bicyclic) bond motifs is 2. The van der Waals surface area contributed by atoms with Crippen LogP contribution in [0.4, 0.5) is 13.2 Å². The van der Waals surface area contributed by atoms with E-state index in [1.54, 1.807) is 84.9 Å². The van der Waals surface area contributed by atoms with Crippen LogP contribution in [-0.2, 0) is 41.8 Å². The van der Waals surface area contributed by atoms with Crippen LogP contribution in [0.3, 0.4) is 0 Å². The highest BCUT2D eigenvalue weighted by Gasteiger charge is 2.41. The van der Waals surface area contributed by atoms with Gasteiger partial charge in [-0.1, -0.05) is 89.9 Å². The Morgan fingerprint density at radius 3 is 2.19 bits per heavy atom. The number of halogens is 5. The van der Waals surface area contributed by atoms with Crippen molar-refractivity contribution in [3.63, 3.8) is 0 Å². The van der Waals surface area contributed by atoms with Crippen LogP contribution in [0.15, 0.2) is 127 Å². The summed E-state index contributed by atoms with van der Waals surface area (Å²) in [5.41, 5.74) is 3.61. The quantitative estimate of drug-likeness (QED) is 0.131. The minimum atomic E-state index is -4.88. The van der Waals surface area contributed by atoms with E-state index in [0.717, 1.165) is 39.3 Å². The molecule has 2 aliphatic rings. The van der Waals surface area contributed by atoms with Crippen molar-refractivity contribution < 1.29 is 46.9 Å². The SMILES string of the molecule is N#Cc1ccc(-c2ccc(C[C@H](NC(=O)C3Cc4cc5c(cc4CN3C(=O)c3ccccc3C(F)(F)F)O[C@@H](c3ccc(OCc4ccc(Cl)c(Cl)c4)cc3)CO5)C(=O)O)cc2)cc1. The molecule has 2 N–H and O–H groups in total. The van der Waals surface area contributed by atoms with Gasteiger partial charge in [-0.25, -0.2) is 4.79 Å². The van der Waals surface area contributed by atoms with Crippen molar-refractivity contribution in [2.24, 2.45) is 0 Å². The lowest BCUT2D eigenvalue weighted by Crippen LogP contribution is -2.56. The Balaban J connectivity index is 1.02. The normalized spacial score (nSPS) is 15.9. The highest BCUT2D eigenvalue weighted by atomic mass is 35.5. The molecule has 324 valence electrons. The molecule has 3 atom stereocenters. The first-order chi connectivity index (χ1) is 30.7. The van der Waals surface area contributed by atoms with Gasteiger partial charge in [0.25, 0.3) is 5.91 Å². The van der Waals surface area contributed by atoms with Gasteiger partial charge >= 0.3 is 12.1 Å². The van der Waals surface area contributed by atoms with Crippen LogP contribution < -0.4 is 19.5 Å². The molecule has 1 unspecified atom stereocenters. The molecule has 8 rings (SSSR count). The second kappa shape index (κ2) is 18.4. The maximum atomic E-state index is 14.2. The van der Waals surface area contributed by atoms with E-state index in [1.807, 2.05) is 18.2 Å². The molecular weight excluding hydrogens is 870 g/mol. The molecule has 0 saturated carbocycles. The standard InChI is InChI=1S/C49H36Cl2F3N3O7/c50-39-18-9-30(19-40(39)51)26-62-36-16-14-33(15-17-36)45-27-63-43-22-34-21-42(57(25-35(34)23-44(43)64-45)47(59)37-3-1-2-4-38(37)49(52,53)54)46(58)56-41(48(60)61)20-28-5-10-31(11-6-28)32-12-7-29(24-55)8-13-32/h1-19,22-23,41-42,45H,20-21,25-27H2,(H,56,58)(H,60,61)/t41-,42?,45+/m0/s1. The first kappa shape index (κ1) is 43.6. The average molecular weight is 907 g/mol. The van der Waals surface area contributed by atoms with E-state index in [1.165, 1.54) is 12.1 Å².